The number of hydrogen-bond acceptors (Lipinski definition) is 1. The zero-order chi connectivity index (χ0) is 13.3. The average molecular weight is 355 g/mol. The summed E-state index contributed by atoms with van der Waals surface area (Å²) in [5, 5.41) is 0. The van der Waals surface area contributed by atoms with Crippen molar-refractivity contribution in [3.63, 3.8) is 0 Å². The van der Waals surface area contributed by atoms with Crippen molar-refractivity contribution < 1.29 is 4.39 Å². The van der Waals surface area contributed by atoms with Crippen molar-refractivity contribution in [1.29, 1.82) is 0 Å². The zero-order valence-corrected chi connectivity index (χ0v) is 12.5. The van der Waals surface area contributed by atoms with Crippen LogP contribution in [0, 0.1) is 23.2 Å². The highest BCUT2D eigenvalue weighted by molar-refractivity contribution is 14.1. The van der Waals surface area contributed by atoms with Gasteiger partial charge in [0.05, 0.1) is 6.04 Å². The monoisotopic (exact) mass is 355 g/mol. The summed E-state index contributed by atoms with van der Waals surface area (Å²) in [6, 6.07) is 10.9. The van der Waals surface area contributed by atoms with Gasteiger partial charge in [0.1, 0.15) is 5.82 Å². The van der Waals surface area contributed by atoms with Gasteiger partial charge in [-0.25, -0.2) is 4.39 Å². The summed E-state index contributed by atoms with van der Waals surface area (Å²) in [5.41, 5.74) is 10.2. The topological polar surface area (TPSA) is 26.0 Å². The molecule has 0 aliphatic rings. The molecule has 2 aromatic carbocycles. The lowest BCUT2D eigenvalue weighted by Crippen LogP contribution is -2.16. The Morgan fingerprint density at radius 1 is 1.11 bits per heavy atom. The maximum absolute atomic E-state index is 13.3. The minimum atomic E-state index is -0.210. The van der Waals surface area contributed by atoms with Crippen LogP contribution in [0.5, 0.6) is 0 Å². The summed E-state index contributed by atoms with van der Waals surface area (Å²) in [5.74, 6) is -0.205. The minimum absolute atomic E-state index is 0.205. The Kier molecular flexibility index (Phi) is 4.02. The van der Waals surface area contributed by atoms with Crippen molar-refractivity contribution in [2.24, 2.45) is 5.73 Å². The van der Waals surface area contributed by atoms with Gasteiger partial charge >= 0.3 is 0 Å². The highest BCUT2D eigenvalue weighted by Crippen LogP contribution is 2.29. The molecule has 3 heteroatoms. The lowest BCUT2D eigenvalue weighted by Gasteiger charge is -2.19. The van der Waals surface area contributed by atoms with Gasteiger partial charge in [0.2, 0.25) is 0 Å². The fourth-order valence-electron chi connectivity index (χ4n) is 2.30. The summed E-state index contributed by atoms with van der Waals surface area (Å²) in [4.78, 5) is 0. The van der Waals surface area contributed by atoms with Crippen LogP contribution in [0.3, 0.4) is 0 Å². The van der Waals surface area contributed by atoms with E-state index in [1.54, 1.807) is 0 Å². The molecule has 0 aromatic heterocycles. The Balaban J connectivity index is 2.53. The molecule has 0 fully saturated rings. The number of benzene rings is 2. The molecule has 1 atom stereocenters. The van der Waals surface area contributed by atoms with Gasteiger partial charge in [0.15, 0.2) is 0 Å². The Hall–Kier alpha value is -0.940. The van der Waals surface area contributed by atoms with Crippen LogP contribution in [0.1, 0.15) is 28.3 Å². The average Bonchev–Trinajstić information content (AvgIpc) is 2.27. The first-order valence-electron chi connectivity index (χ1n) is 5.77. The maximum atomic E-state index is 13.3. The van der Waals surface area contributed by atoms with Crippen molar-refractivity contribution in [3.05, 3.63) is 68.0 Å². The van der Waals surface area contributed by atoms with E-state index in [9.17, 15) is 4.39 Å². The van der Waals surface area contributed by atoms with E-state index in [-0.39, 0.29) is 11.9 Å². The van der Waals surface area contributed by atoms with Gasteiger partial charge < -0.3 is 5.73 Å². The highest BCUT2D eigenvalue weighted by atomic mass is 127. The second kappa shape index (κ2) is 5.36. The van der Waals surface area contributed by atoms with Gasteiger partial charge in [0, 0.05) is 3.57 Å². The van der Waals surface area contributed by atoms with Gasteiger partial charge in [-0.2, -0.15) is 0 Å². The third-order valence-corrected chi connectivity index (χ3v) is 4.09. The third-order valence-electron chi connectivity index (χ3n) is 3.11. The van der Waals surface area contributed by atoms with E-state index in [1.807, 2.05) is 38.1 Å². The van der Waals surface area contributed by atoms with Crippen LogP contribution in [-0.4, -0.2) is 0 Å². The van der Waals surface area contributed by atoms with Gasteiger partial charge in [-0.05, 0) is 76.9 Å². The second-order valence-electron chi connectivity index (χ2n) is 4.45. The molecule has 0 saturated carbocycles. The first-order chi connectivity index (χ1) is 8.50. The van der Waals surface area contributed by atoms with E-state index in [4.69, 9.17) is 5.73 Å². The van der Waals surface area contributed by atoms with Crippen molar-refractivity contribution in [1.82, 2.24) is 0 Å². The number of hydrogen-bond donors (Lipinski definition) is 1. The number of halogens is 2. The summed E-state index contributed by atoms with van der Waals surface area (Å²) in [6.07, 6.45) is 0. The fourth-order valence-corrected chi connectivity index (χ4v) is 3.02. The third kappa shape index (κ3) is 2.57. The largest absolute Gasteiger partial charge is 0.320 e. The standard InChI is InChI=1S/C15H15FIN/c1-9-7-11(16)8-10(2)14(9)15(18)12-5-3-4-6-13(12)17/h3-8,15H,18H2,1-2H3. The minimum Gasteiger partial charge on any atom is -0.320 e. The predicted octanol–water partition coefficient (Wildman–Crippen LogP) is 4.10. The molecule has 0 aliphatic heterocycles. The van der Waals surface area contributed by atoms with Crippen LogP contribution in [0.15, 0.2) is 36.4 Å². The van der Waals surface area contributed by atoms with Crippen LogP contribution < -0.4 is 5.73 Å². The smallest absolute Gasteiger partial charge is 0.123 e. The lowest BCUT2D eigenvalue weighted by molar-refractivity contribution is 0.623. The molecule has 94 valence electrons. The predicted molar refractivity (Wildman–Crippen MR) is 81.1 cm³/mol. The number of rotatable bonds is 2. The van der Waals surface area contributed by atoms with Crippen molar-refractivity contribution in [2.45, 2.75) is 19.9 Å². The van der Waals surface area contributed by atoms with Crippen LogP contribution >= 0.6 is 22.6 Å². The van der Waals surface area contributed by atoms with Crippen molar-refractivity contribution >= 4 is 22.6 Å². The Labute approximate surface area is 120 Å². The van der Waals surface area contributed by atoms with E-state index in [2.05, 4.69) is 22.6 Å². The molecule has 18 heavy (non-hydrogen) atoms. The first-order valence-corrected chi connectivity index (χ1v) is 6.85. The zero-order valence-electron chi connectivity index (χ0n) is 10.4. The van der Waals surface area contributed by atoms with E-state index in [0.29, 0.717) is 0 Å². The molecule has 0 aliphatic carbocycles. The van der Waals surface area contributed by atoms with Crippen LogP contribution in [0.4, 0.5) is 4.39 Å². The molecule has 0 bridgehead atoms. The molecule has 0 saturated heterocycles. The summed E-state index contributed by atoms with van der Waals surface area (Å²) < 4.78 is 14.4. The molecule has 1 unspecified atom stereocenters. The van der Waals surface area contributed by atoms with E-state index in [1.165, 1.54) is 12.1 Å². The molecular formula is C15H15FIN. The normalized spacial score (nSPS) is 12.5. The maximum Gasteiger partial charge on any atom is 0.123 e. The van der Waals surface area contributed by atoms with Gasteiger partial charge in [0.25, 0.3) is 0 Å². The van der Waals surface area contributed by atoms with Gasteiger partial charge in [-0.15, -0.1) is 0 Å². The van der Waals surface area contributed by atoms with E-state index < -0.39 is 0 Å². The van der Waals surface area contributed by atoms with Crippen LogP contribution in [0.2, 0.25) is 0 Å². The van der Waals surface area contributed by atoms with E-state index in [0.717, 1.165) is 25.8 Å². The fraction of sp³-hybridized carbons (Fsp3) is 0.200. The van der Waals surface area contributed by atoms with Crippen molar-refractivity contribution in [3.8, 4) is 0 Å². The number of nitrogens with two attached hydrogens (primary N) is 1. The van der Waals surface area contributed by atoms with Crippen LogP contribution in [0.25, 0.3) is 0 Å². The second-order valence-corrected chi connectivity index (χ2v) is 5.61. The van der Waals surface area contributed by atoms with Gasteiger partial charge in [-0.3, -0.25) is 0 Å². The number of aryl methyl sites for hydroxylation is 2. The molecule has 2 rings (SSSR count). The quantitative estimate of drug-likeness (QED) is 0.807. The molecule has 0 radical (unpaired) electrons. The SMILES string of the molecule is Cc1cc(F)cc(C)c1C(N)c1ccccc1I. The Bertz CT molecular complexity index is 557. The Morgan fingerprint density at radius 3 is 2.22 bits per heavy atom. The molecule has 0 amide bonds. The molecule has 1 nitrogen and oxygen atoms in total. The van der Waals surface area contributed by atoms with Crippen LogP contribution in [-0.2, 0) is 0 Å². The van der Waals surface area contributed by atoms with E-state index >= 15 is 0 Å². The molecule has 2 aromatic rings. The lowest BCUT2D eigenvalue weighted by atomic mass is 9.92. The molecular weight excluding hydrogens is 340 g/mol. The summed E-state index contributed by atoms with van der Waals surface area (Å²) in [7, 11) is 0. The summed E-state index contributed by atoms with van der Waals surface area (Å²) in [6.45, 7) is 3.81. The summed E-state index contributed by atoms with van der Waals surface area (Å²) >= 11 is 2.28. The van der Waals surface area contributed by atoms with Gasteiger partial charge in [-0.1, -0.05) is 18.2 Å². The molecule has 0 spiro atoms. The first kappa shape index (κ1) is 13.5. The molecule has 2 N–H and O–H groups in total. The highest BCUT2D eigenvalue weighted by Gasteiger charge is 2.16. The Morgan fingerprint density at radius 2 is 1.67 bits per heavy atom. The molecule has 0 heterocycles. The van der Waals surface area contributed by atoms with Crippen molar-refractivity contribution in [2.75, 3.05) is 0 Å².